The number of halogens is 8. The van der Waals surface area contributed by atoms with Crippen LogP contribution in [-0.2, 0) is 6.18 Å². The van der Waals surface area contributed by atoms with E-state index in [2.05, 4.69) is 5.10 Å². The van der Waals surface area contributed by atoms with Crippen LogP contribution >= 0.6 is 11.8 Å². The van der Waals surface area contributed by atoms with Crippen molar-refractivity contribution in [3.8, 4) is 11.1 Å². The Bertz CT molecular complexity index is 705. The average molecular weight is 376 g/mol. The Labute approximate surface area is 134 Å². The van der Waals surface area contributed by atoms with Crippen LogP contribution in [0.4, 0.5) is 35.1 Å². The minimum absolute atomic E-state index is 0.0902. The van der Waals surface area contributed by atoms with Crippen molar-refractivity contribution in [2.24, 2.45) is 0 Å². The van der Waals surface area contributed by atoms with Crippen LogP contribution in [0.1, 0.15) is 17.7 Å². The molecule has 1 N–H and O–H groups in total. The summed E-state index contributed by atoms with van der Waals surface area (Å²) in [6.45, 7) is 0. The van der Waals surface area contributed by atoms with Gasteiger partial charge in [0.05, 0.1) is 11.9 Å². The van der Waals surface area contributed by atoms with Gasteiger partial charge in [0.25, 0.3) is 6.43 Å². The zero-order valence-electron chi connectivity index (χ0n) is 11.5. The van der Waals surface area contributed by atoms with Crippen LogP contribution in [0.25, 0.3) is 11.1 Å². The first-order valence-corrected chi connectivity index (χ1v) is 7.20. The first kappa shape index (κ1) is 18.6. The normalized spacial score (nSPS) is 12.9. The van der Waals surface area contributed by atoms with Gasteiger partial charge in [-0.1, -0.05) is 12.1 Å². The first-order valence-electron chi connectivity index (χ1n) is 6.21. The molecule has 0 aliphatic heterocycles. The number of nitrogens with zero attached hydrogens (tertiary/aromatic N) is 1. The third-order valence-electron chi connectivity index (χ3n) is 2.87. The Balaban J connectivity index is 2.45. The minimum Gasteiger partial charge on any atom is -0.273 e. The van der Waals surface area contributed by atoms with E-state index in [1.807, 2.05) is 0 Å². The molecule has 0 atom stereocenters. The fourth-order valence-corrected chi connectivity index (χ4v) is 2.74. The van der Waals surface area contributed by atoms with Crippen molar-refractivity contribution in [2.75, 3.05) is 5.75 Å². The van der Waals surface area contributed by atoms with Crippen LogP contribution in [0.2, 0.25) is 0 Å². The van der Waals surface area contributed by atoms with Gasteiger partial charge in [-0.15, -0.1) is 11.8 Å². The van der Waals surface area contributed by atoms with Gasteiger partial charge in [0.15, 0.2) is 0 Å². The molecule has 11 heteroatoms. The number of alkyl halides is 8. The highest BCUT2D eigenvalue weighted by molar-refractivity contribution is 7.99. The highest BCUT2D eigenvalue weighted by atomic mass is 32.2. The molecule has 2 rings (SSSR count). The van der Waals surface area contributed by atoms with Gasteiger partial charge < -0.3 is 0 Å². The quantitative estimate of drug-likeness (QED) is 0.549. The number of nitrogens with one attached hydrogen (secondary N) is 1. The van der Waals surface area contributed by atoms with Crippen LogP contribution in [-0.4, -0.2) is 22.1 Å². The Morgan fingerprint density at radius 2 is 1.75 bits per heavy atom. The highest BCUT2D eigenvalue weighted by Crippen LogP contribution is 2.40. The van der Waals surface area contributed by atoms with E-state index in [1.165, 1.54) is 0 Å². The fourth-order valence-electron chi connectivity index (χ4n) is 1.89. The number of benzene rings is 1. The molecule has 0 aliphatic carbocycles. The fraction of sp³-hybridized carbons (Fsp3) is 0.308. The summed E-state index contributed by atoms with van der Waals surface area (Å²) in [5.41, 5.74) is -2.48. The number of rotatable bonds is 4. The topological polar surface area (TPSA) is 28.7 Å². The van der Waals surface area contributed by atoms with E-state index in [9.17, 15) is 35.1 Å². The van der Waals surface area contributed by atoms with Crippen molar-refractivity contribution in [1.82, 2.24) is 10.2 Å². The molecule has 0 bridgehead atoms. The SMILES string of the molecule is FC(F)c1ccc(-c2cn[nH]c2C(F)(F)F)cc1SCC(F)(F)F. The number of aromatic amines is 1. The maximum atomic E-state index is 12.9. The number of H-pyrrole nitrogens is 1. The molecule has 0 aliphatic rings. The van der Waals surface area contributed by atoms with E-state index >= 15 is 0 Å². The van der Waals surface area contributed by atoms with Crippen LogP contribution in [0.3, 0.4) is 0 Å². The molecule has 0 spiro atoms. The van der Waals surface area contributed by atoms with Gasteiger partial charge in [-0.05, 0) is 11.6 Å². The second-order valence-corrected chi connectivity index (χ2v) is 5.63. The lowest BCUT2D eigenvalue weighted by atomic mass is 10.0. The largest absolute Gasteiger partial charge is 0.433 e. The number of hydrogen-bond acceptors (Lipinski definition) is 2. The molecule has 0 unspecified atom stereocenters. The lowest BCUT2D eigenvalue weighted by Gasteiger charge is -2.13. The van der Waals surface area contributed by atoms with E-state index in [0.717, 1.165) is 24.4 Å². The van der Waals surface area contributed by atoms with Crippen LogP contribution in [0.5, 0.6) is 0 Å². The molecule has 132 valence electrons. The molecule has 1 aromatic carbocycles. The van der Waals surface area contributed by atoms with E-state index in [0.29, 0.717) is 0 Å². The molecule has 2 aromatic rings. The van der Waals surface area contributed by atoms with Crippen molar-refractivity contribution in [2.45, 2.75) is 23.7 Å². The maximum absolute atomic E-state index is 12.9. The van der Waals surface area contributed by atoms with Gasteiger partial charge in [-0.3, -0.25) is 5.10 Å². The summed E-state index contributed by atoms with van der Waals surface area (Å²) < 4.78 is 101. The predicted octanol–water partition coefficient (Wildman–Crippen LogP) is 5.69. The summed E-state index contributed by atoms with van der Waals surface area (Å²) in [6.07, 6.45) is -11.6. The Kier molecular flexibility index (Phi) is 5.11. The molecule has 1 heterocycles. The molecule has 0 amide bonds. The molecular weight excluding hydrogens is 368 g/mol. The molecular formula is C13H8F8N2S. The summed E-state index contributed by atoms with van der Waals surface area (Å²) in [5.74, 6) is -1.44. The van der Waals surface area contributed by atoms with Crippen LogP contribution < -0.4 is 0 Å². The first-order chi connectivity index (χ1) is 11.0. The van der Waals surface area contributed by atoms with E-state index in [-0.39, 0.29) is 17.3 Å². The third kappa shape index (κ3) is 4.40. The van der Waals surface area contributed by atoms with E-state index < -0.39 is 46.2 Å². The van der Waals surface area contributed by atoms with Gasteiger partial charge in [-0.25, -0.2) is 8.78 Å². The summed E-state index contributed by atoms with van der Waals surface area (Å²) in [6, 6.07) is 2.67. The minimum atomic E-state index is -4.77. The molecule has 0 saturated carbocycles. The lowest BCUT2D eigenvalue weighted by molar-refractivity contribution is -0.140. The van der Waals surface area contributed by atoms with E-state index in [4.69, 9.17) is 0 Å². The summed E-state index contributed by atoms with van der Waals surface area (Å²) in [4.78, 5) is -0.436. The second kappa shape index (κ2) is 6.61. The predicted molar refractivity (Wildman–Crippen MR) is 70.8 cm³/mol. The summed E-state index contributed by atoms with van der Waals surface area (Å²) in [5, 5.41) is 5.00. The van der Waals surface area contributed by atoms with Gasteiger partial charge >= 0.3 is 12.4 Å². The van der Waals surface area contributed by atoms with Gasteiger partial charge in [-0.2, -0.15) is 31.4 Å². The van der Waals surface area contributed by atoms with E-state index in [1.54, 1.807) is 5.10 Å². The zero-order valence-corrected chi connectivity index (χ0v) is 12.3. The maximum Gasteiger partial charge on any atom is 0.433 e. The molecule has 0 fully saturated rings. The molecule has 2 nitrogen and oxygen atoms in total. The Morgan fingerprint density at radius 3 is 2.29 bits per heavy atom. The third-order valence-corrected chi connectivity index (χ3v) is 4.01. The number of aromatic nitrogens is 2. The van der Waals surface area contributed by atoms with Crippen molar-refractivity contribution in [3.63, 3.8) is 0 Å². The lowest BCUT2D eigenvalue weighted by Crippen LogP contribution is -2.11. The van der Waals surface area contributed by atoms with Gasteiger partial charge in [0.2, 0.25) is 0 Å². The summed E-state index contributed by atoms with van der Waals surface area (Å²) in [7, 11) is 0. The van der Waals surface area contributed by atoms with Crippen molar-refractivity contribution in [1.29, 1.82) is 0 Å². The molecule has 0 saturated heterocycles. The molecule has 24 heavy (non-hydrogen) atoms. The Hall–Kier alpha value is -1.78. The second-order valence-electron chi connectivity index (χ2n) is 4.61. The monoisotopic (exact) mass is 376 g/mol. The molecule has 1 aromatic heterocycles. The van der Waals surface area contributed by atoms with Gasteiger partial charge in [0, 0.05) is 16.0 Å². The Morgan fingerprint density at radius 1 is 1.08 bits per heavy atom. The number of hydrogen-bond donors (Lipinski definition) is 1. The highest BCUT2D eigenvalue weighted by Gasteiger charge is 2.36. The smallest absolute Gasteiger partial charge is 0.273 e. The van der Waals surface area contributed by atoms with Gasteiger partial charge in [0.1, 0.15) is 5.69 Å². The van der Waals surface area contributed by atoms with Crippen LogP contribution in [0, 0.1) is 0 Å². The summed E-state index contributed by atoms with van der Waals surface area (Å²) >= 11 is 0.0902. The number of thioether (sulfide) groups is 1. The zero-order chi connectivity index (χ0) is 18.1. The van der Waals surface area contributed by atoms with Crippen molar-refractivity contribution >= 4 is 11.8 Å². The average Bonchev–Trinajstić information content (AvgIpc) is 2.93. The van der Waals surface area contributed by atoms with Crippen molar-refractivity contribution < 1.29 is 35.1 Å². The van der Waals surface area contributed by atoms with Crippen molar-refractivity contribution in [3.05, 3.63) is 35.7 Å². The molecule has 0 radical (unpaired) electrons. The standard InChI is InChI=1S/C13H8F8N2S/c14-11(15)7-2-1-6(3-9(7)24-5-12(16,17)18)8-4-22-23-10(8)13(19,20)21/h1-4,11H,5H2,(H,22,23). The van der Waals surface area contributed by atoms with Crippen LogP contribution in [0.15, 0.2) is 29.3 Å².